The number of amides is 1. The standard InChI is InChI=1S/C22H31N7O/c1-16-15-17(2)26-22(25-16)24-9-4-10-28-11-13-29(14-12-28)20-19(5-3-8-23-20)21(30)27-18-6-7-18/h3,5,8,15,18H,4,6-7,9-14H2,1-2H3,(H,27,30)(H,24,25,26). The molecule has 1 aliphatic carbocycles. The second-order valence-corrected chi connectivity index (χ2v) is 8.21. The molecule has 2 aromatic rings. The smallest absolute Gasteiger partial charge is 0.255 e. The SMILES string of the molecule is Cc1cc(C)nc(NCCCN2CCN(c3ncccc3C(=O)NC3CC3)CC2)n1. The van der Waals surface area contributed by atoms with Crippen LogP contribution in [0.25, 0.3) is 0 Å². The summed E-state index contributed by atoms with van der Waals surface area (Å²) >= 11 is 0. The van der Waals surface area contributed by atoms with E-state index in [2.05, 4.69) is 35.4 Å². The fourth-order valence-electron chi connectivity index (χ4n) is 3.81. The molecular weight excluding hydrogens is 378 g/mol. The summed E-state index contributed by atoms with van der Waals surface area (Å²) in [6, 6.07) is 6.05. The molecule has 2 fully saturated rings. The number of hydrogen-bond acceptors (Lipinski definition) is 7. The summed E-state index contributed by atoms with van der Waals surface area (Å²) in [4.78, 5) is 30.6. The van der Waals surface area contributed by atoms with Crippen molar-refractivity contribution in [1.82, 2.24) is 25.2 Å². The molecule has 2 N–H and O–H groups in total. The zero-order valence-corrected chi connectivity index (χ0v) is 17.9. The van der Waals surface area contributed by atoms with Crippen LogP contribution in [-0.4, -0.2) is 71.1 Å². The Morgan fingerprint density at radius 3 is 2.57 bits per heavy atom. The van der Waals surface area contributed by atoms with Crippen molar-refractivity contribution in [3.05, 3.63) is 41.3 Å². The summed E-state index contributed by atoms with van der Waals surface area (Å²) in [6.45, 7) is 9.57. The van der Waals surface area contributed by atoms with Gasteiger partial charge in [0.15, 0.2) is 0 Å². The average molecular weight is 410 g/mol. The van der Waals surface area contributed by atoms with Crippen LogP contribution in [0, 0.1) is 13.8 Å². The number of hydrogen-bond donors (Lipinski definition) is 2. The van der Waals surface area contributed by atoms with Crippen molar-refractivity contribution in [2.45, 2.75) is 39.2 Å². The molecule has 2 aliphatic rings. The number of nitrogens with zero attached hydrogens (tertiary/aromatic N) is 5. The molecule has 1 aliphatic heterocycles. The molecule has 4 rings (SSSR count). The Labute approximate surface area is 178 Å². The van der Waals surface area contributed by atoms with Crippen molar-refractivity contribution < 1.29 is 4.79 Å². The quantitative estimate of drug-likeness (QED) is 0.645. The molecule has 2 aromatic heterocycles. The second-order valence-electron chi connectivity index (χ2n) is 8.21. The van der Waals surface area contributed by atoms with Crippen LogP contribution in [0.2, 0.25) is 0 Å². The maximum absolute atomic E-state index is 12.6. The van der Waals surface area contributed by atoms with Gasteiger partial charge in [-0.1, -0.05) is 0 Å². The normalized spacial score (nSPS) is 17.1. The highest BCUT2D eigenvalue weighted by Gasteiger charge is 2.27. The van der Waals surface area contributed by atoms with Gasteiger partial charge in [-0.25, -0.2) is 15.0 Å². The van der Waals surface area contributed by atoms with Crippen LogP contribution in [0.5, 0.6) is 0 Å². The third-order valence-corrected chi connectivity index (χ3v) is 5.53. The van der Waals surface area contributed by atoms with Crippen LogP contribution < -0.4 is 15.5 Å². The number of rotatable bonds is 8. The lowest BCUT2D eigenvalue weighted by Gasteiger charge is -2.36. The molecule has 160 valence electrons. The van der Waals surface area contributed by atoms with Gasteiger partial charge in [-0.3, -0.25) is 9.69 Å². The fraction of sp³-hybridized carbons (Fsp3) is 0.545. The molecule has 0 bridgehead atoms. The van der Waals surface area contributed by atoms with Gasteiger partial charge in [-0.15, -0.1) is 0 Å². The number of pyridine rings is 1. The average Bonchev–Trinajstić information content (AvgIpc) is 3.55. The van der Waals surface area contributed by atoms with Crippen LogP contribution >= 0.6 is 0 Å². The zero-order chi connectivity index (χ0) is 20.9. The van der Waals surface area contributed by atoms with E-state index in [9.17, 15) is 4.79 Å². The minimum atomic E-state index is 0.00251. The molecule has 1 saturated heterocycles. The number of aryl methyl sites for hydroxylation is 2. The topological polar surface area (TPSA) is 86.3 Å². The lowest BCUT2D eigenvalue weighted by Crippen LogP contribution is -2.47. The molecule has 0 atom stereocenters. The summed E-state index contributed by atoms with van der Waals surface area (Å²) in [6.07, 6.45) is 4.99. The Bertz CT molecular complexity index is 855. The molecule has 0 aromatic carbocycles. The van der Waals surface area contributed by atoms with Crippen LogP contribution in [0.15, 0.2) is 24.4 Å². The van der Waals surface area contributed by atoms with Gasteiger partial charge in [0.05, 0.1) is 5.56 Å². The van der Waals surface area contributed by atoms with Crippen LogP contribution in [0.1, 0.15) is 41.0 Å². The minimum absolute atomic E-state index is 0.00251. The molecular formula is C22H31N7O. The fourth-order valence-corrected chi connectivity index (χ4v) is 3.81. The first-order valence-corrected chi connectivity index (χ1v) is 10.9. The van der Waals surface area contributed by atoms with Gasteiger partial charge in [-0.2, -0.15) is 0 Å². The number of carbonyl (C=O) groups excluding carboxylic acids is 1. The van der Waals surface area contributed by atoms with Crippen LogP contribution in [0.4, 0.5) is 11.8 Å². The van der Waals surface area contributed by atoms with E-state index in [1.165, 1.54) is 0 Å². The third-order valence-electron chi connectivity index (χ3n) is 5.53. The molecule has 8 nitrogen and oxygen atoms in total. The summed E-state index contributed by atoms with van der Waals surface area (Å²) in [7, 11) is 0. The van der Waals surface area contributed by atoms with E-state index in [1.54, 1.807) is 6.20 Å². The van der Waals surface area contributed by atoms with Gasteiger partial charge < -0.3 is 15.5 Å². The van der Waals surface area contributed by atoms with E-state index in [4.69, 9.17) is 0 Å². The number of aromatic nitrogens is 3. The van der Waals surface area contributed by atoms with Crippen LogP contribution in [-0.2, 0) is 0 Å². The molecule has 1 saturated carbocycles. The Hall–Kier alpha value is -2.74. The highest BCUT2D eigenvalue weighted by molar-refractivity contribution is 5.99. The summed E-state index contributed by atoms with van der Waals surface area (Å²) in [5.41, 5.74) is 2.66. The Morgan fingerprint density at radius 2 is 1.87 bits per heavy atom. The Kier molecular flexibility index (Phi) is 6.42. The Morgan fingerprint density at radius 1 is 1.13 bits per heavy atom. The van der Waals surface area contributed by atoms with Crippen molar-refractivity contribution in [2.24, 2.45) is 0 Å². The molecule has 3 heterocycles. The van der Waals surface area contributed by atoms with Gasteiger partial charge >= 0.3 is 0 Å². The van der Waals surface area contributed by atoms with Crippen molar-refractivity contribution in [3.8, 4) is 0 Å². The highest BCUT2D eigenvalue weighted by Crippen LogP contribution is 2.23. The van der Waals surface area contributed by atoms with Crippen molar-refractivity contribution in [1.29, 1.82) is 0 Å². The van der Waals surface area contributed by atoms with Crippen molar-refractivity contribution in [3.63, 3.8) is 0 Å². The van der Waals surface area contributed by atoms with Crippen molar-refractivity contribution in [2.75, 3.05) is 49.5 Å². The van der Waals surface area contributed by atoms with E-state index >= 15 is 0 Å². The summed E-state index contributed by atoms with van der Waals surface area (Å²) in [5.74, 6) is 1.52. The van der Waals surface area contributed by atoms with E-state index in [0.29, 0.717) is 17.6 Å². The van der Waals surface area contributed by atoms with Gasteiger partial charge in [0, 0.05) is 56.4 Å². The highest BCUT2D eigenvalue weighted by atomic mass is 16.1. The van der Waals surface area contributed by atoms with Gasteiger partial charge in [0.25, 0.3) is 5.91 Å². The molecule has 8 heteroatoms. The first kappa shape index (κ1) is 20.5. The second kappa shape index (κ2) is 9.38. The van der Waals surface area contributed by atoms with E-state index < -0.39 is 0 Å². The lowest BCUT2D eigenvalue weighted by molar-refractivity contribution is 0.0951. The molecule has 30 heavy (non-hydrogen) atoms. The largest absolute Gasteiger partial charge is 0.354 e. The van der Waals surface area contributed by atoms with E-state index in [-0.39, 0.29) is 5.91 Å². The van der Waals surface area contributed by atoms with Gasteiger partial charge in [-0.05, 0) is 57.9 Å². The van der Waals surface area contributed by atoms with Gasteiger partial charge in [0.2, 0.25) is 5.95 Å². The lowest BCUT2D eigenvalue weighted by atomic mass is 10.2. The summed E-state index contributed by atoms with van der Waals surface area (Å²) < 4.78 is 0. The van der Waals surface area contributed by atoms with Gasteiger partial charge in [0.1, 0.15) is 5.82 Å². The molecule has 0 radical (unpaired) electrons. The minimum Gasteiger partial charge on any atom is -0.354 e. The number of carbonyl (C=O) groups is 1. The predicted molar refractivity (Wildman–Crippen MR) is 118 cm³/mol. The monoisotopic (exact) mass is 409 g/mol. The Balaban J connectivity index is 1.23. The number of anilines is 2. The van der Waals surface area contributed by atoms with E-state index in [1.807, 2.05) is 32.0 Å². The first-order chi connectivity index (χ1) is 14.6. The van der Waals surface area contributed by atoms with Crippen LogP contribution in [0.3, 0.4) is 0 Å². The zero-order valence-electron chi connectivity index (χ0n) is 17.9. The molecule has 0 unspecified atom stereocenters. The first-order valence-electron chi connectivity index (χ1n) is 10.9. The molecule has 0 spiro atoms. The maximum Gasteiger partial charge on any atom is 0.255 e. The van der Waals surface area contributed by atoms with Crippen molar-refractivity contribution >= 4 is 17.7 Å². The third kappa shape index (κ3) is 5.44. The van der Waals surface area contributed by atoms with E-state index in [0.717, 1.165) is 75.7 Å². The maximum atomic E-state index is 12.6. The number of piperazine rings is 1. The molecule has 1 amide bonds. The predicted octanol–water partition coefficient (Wildman–Crippen LogP) is 2.00. The summed E-state index contributed by atoms with van der Waals surface area (Å²) in [5, 5.41) is 6.41. The number of nitrogens with one attached hydrogen (secondary N) is 2.